The molecule has 2 amide bonds. The lowest BCUT2D eigenvalue weighted by Gasteiger charge is -2.35. The van der Waals surface area contributed by atoms with Crippen molar-refractivity contribution in [3.05, 3.63) is 95.9 Å². The lowest BCUT2D eigenvalue weighted by atomic mass is 9.77. The first-order chi connectivity index (χ1) is 26.4. The van der Waals surface area contributed by atoms with Gasteiger partial charge in [-0.15, -0.1) is 0 Å². The molecule has 2 aromatic heterocycles. The molecule has 0 fully saturated rings. The van der Waals surface area contributed by atoms with Crippen LogP contribution in [0.2, 0.25) is 0 Å². The number of hydrogen-bond donors (Lipinski definition) is 4. The summed E-state index contributed by atoms with van der Waals surface area (Å²) in [6.07, 6.45) is 17.0. The summed E-state index contributed by atoms with van der Waals surface area (Å²) in [6, 6.07) is 16.4. The molecule has 4 aromatic rings. The van der Waals surface area contributed by atoms with Crippen LogP contribution in [-0.2, 0) is 9.59 Å². The van der Waals surface area contributed by atoms with Crippen LogP contribution in [0.3, 0.4) is 0 Å². The number of hydrogen-bond acceptors (Lipinski definition) is 4. The van der Waals surface area contributed by atoms with Crippen LogP contribution >= 0.6 is 0 Å². The van der Waals surface area contributed by atoms with Gasteiger partial charge in [0.15, 0.2) is 0 Å². The second-order valence-electron chi connectivity index (χ2n) is 19.3. The molecule has 2 atom stereocenters. The topological polar surface area (TPSA) is 116 Å². The Kier molecular flexibility index (Phi) is 11.7. The number of aromatic nitrogens is 4. The van der Waals surface area contributed by atoms with Gasteiger partial charge in [0.25, 0.3) is 0 Å². The Bertz CT molecular complexity index is 1910. The van der Waals surface area contributed by atoms with Crippen molar-refractivity contribution in [1.29, 1.82) is 0 Å². The summed E-state index contributed by atoms with van der Waals surface area (Å²) >= 11 is 0. The predicted molar refractivity (Wildman–Crippen MR) is 228 cm³/mol. The Balaban J connectivity index is 1.14. The largest absolute Gasteiger partial charge is 0.345 e. The molecule has 0 saturated heterocycles. The number of carbonyl (C=O) groups is 2. The van der Waals surface area contributed by atoms with E-state index in [1.165, 1.54) is 24.0 Å². The summed E-state index contributed by atoms with van der Waals surface area (Å²) in [4.78, 5) is 44.0. The highest BCUT2D eigenvalue weighted by atomic mass is 16.2. The number of amides is 2. The van der Waals surface area contributed by atoms with Crippen LogP contribution in [0.15, 0.2) is 84.2 Å². The van der Waals surface area contributed by atoms with Crippen molar-refractivity contribution < 1.29 is 9.59 Å². The van der Waals surface area contributed by atoms with Gasteiger partial charge in [0.2, 0.25) is 11.8 Å². The Morgan fingerprint density at radius 2 is 0.875 bits per heavy atom. The minimum absolute atomic E-state index is 0.0388. The lowest BCUT2D eigenvalue weighted by molar-refractivity contribution is -0.130. The van der Waals surface area contributed by atoms with Crippen LogP contribution in [0, 0.1) is 21.7 Å². The summed E-state index contributed by atoms with van der Waals surface area (Å²) in [5, 5.41) is 6.72. The van der Waals surface area contributed by atoms with Gasteiger partial charge < -0.3 is 20.6 Å². The minimum atomic E-state index is -0.563. The van der Waals surface area contributed by atoms with Gasteiger partial charge in [0, 0.05) is 0 Å². The number of aromatic amines is 2. The number of nitrogens with one attached hydrogen (secondary N) is 4. The van der Waals surface area contributed by atoms with Crippen LogP contribution in [0.25, 0.3) is 33.6 Å². The second kappa shape index (κ2) is 16.0. The molecule has 0 spiro atoms. The fraction of sp³-hybridized carbons (Fsp3) is 0.500. The summed E-state index contributed by atoms with van der Waals surface area (Å²) in [6.45, 7) is 21.0. The van der Waals surface area contributed by atoms with Gasteiger partial charge in [-0.1, -0.05) is 113 Å². The summed E-state index contributed by atoms with van der Waals surface area (Å²) in [7, 11) is 0. The van der Waals surface area contributed by atoms with E-state index in [2.05, 4.69) is 123 Å². The molecule has 298 valence electrons. The van der Waals surface area contributed by atoms with E-state index in [9.17, 15) is 9.59 Å². The summed E-state index contributed by atoms with van der Waals surface area (Å²) < 4.78 is 0. The van der Waals surface area contributed by atoms with Gasteiger partial charge in [-0.2, -0.15) is 0 Å². The van der Waals surface area contributed by atoms with Gasteiger partial charge in [-0.25, -0.2) is 9.97 Å². The molecule has 0 radical (unpaired) electrons. The molecule has 2 aliphatic carbocycles. The van der Waals surface area contributed by atoms with Crippen molar-refractivity contribution in [2.75, 3.05) is 0 Å². The Morgan fingerprint density at radius 3 is 1.18 bits per heavy atom. The first kappa shape index (κ1) is 40.9. The highest BCUT2D eigenvalue weighted by molar-refractivity contribution is 5.86. The maximum absolute atomic E-state index is 13.7. The molecule has 2 aliphatic rings. The third kappa shape index (κ3) is 8.95. The third-order valence-electron chi connectivity index (χ3n) is 12.1. The van der Waals surface area contributed by atoms with Gasteiger partial charge in [-0.3, -0.25) is 9.59 Å². The van der Waals surface area contributed by atoms with Crippen molar-refractivity contribution in [2.24, 2.45) is 21.7 Å². The van der Waals surface area contributed by atoms with E-state index in [4.69, 9.17) is 9.97 Å². The molecule has 8 nitrogen and oxygen atoms in total. The zero-order valence-electron chi connectivity index (χ0n) is 35.5. The van der Waals surface area contributed by atoms with Crippen LogP contribution in [0.5, 0.6) is 0 Å². The molecule has 56 heavy (non-hydrogen) atoms. The van der Waals surface area contributed by atoms with Crippen molar-refractivity contribution in [3.63, 3.8) is 0 Å². The third-order valence-corrected chi connectivity index (χ3v) is 12.1. The van der Waals surface area contributed by atoms with E-state index in [-0.39, 0.29) is 34.7 Å². The first-order valence-corrected chi connectivity index (χ1v) is 20.7. The smallest absolute Gasteiger partial charge is 0.230 e. The van der Waals surface area contributed by atoms with Crippen molar-refractivity contribution in [3.8, 4) is 33.6 Å². The van der Waals surface area contributed by atoms with Crippen LogP contribution in [0.1, 0.15) is 144 Å². The average Bonchev–Trinajstić information content (AvgIpc) is 3.87. The summed E-state index contributed by atoms with van der Waals surface area (Å²) in [5.74, 6) is 1.59. The lowest BCUT2D eigenvalue weighted by Crippen LogP contribution is -2.44. The first-order valence-electron chi connectivity index (χ1n) is 20.7. The predicted octanol–water partition coefficient (Wildman–Crippen LogP) is 11.6. The molecule has 0 aliphatic heterocycles. The normalized spacial score (nSPS) is 16.8. The highest BCUT2D eigenvalue weighted by Crippen LogP contribution is 2.40. The molecular formula is C48H64N6O2. The zero-order valence-corrected chi connectivity index (χ0v) is 35.5. The Morgan fingerprint density at radius 1 is 0.536 bits per heavy atom. The number of carbonyl (C=O) groups excluding carboxylic acids is 2. The minimum Gasteiger partial charge on any atom is -0.345 e. The number of allylic oxidation sites excluding steroid dienone is 2. The second-order valence-corrected chi connectivity index (χ2v) is 19.3. The van der Waals surface area contributed by atoms with Crippen molar-refractivity contribution >= 4 is 11.8 Å². The fourth-order valence-corrected chi connectivity index (χ4v) is 8.06. The van der Waals surface area contributed by atoms with Crippen LogP contribution < -0.4 is 10.6 Å². The molecule has 0 bridgehead atoms. The van der Waals surface area contributed by atoms with Crippen molar-refractivity contribution in [2.45, 2.75) is 133 Å². The van der Waals surface area contributed by atoms with Crippen LogP contribution in [-0.4, -0.2) is 31.8 Å². The van der Waals surface area contributed by atoms with Gasteiger partial charge in [0.05, 0.1) is 46.7 Å². The molecule has 4 N–H and O–H groups in total. The Labute approximate surface area is 334 Å². The quantitative estimate of drug-likeness (QED) is 0.114. The maximum Gasteiger partial charge on any atom is 0.230 e. The van der Waals surface area contributed by atoms with E-state index in [0.717, 1.165) is 83.8 Å². The summed E-state index contributed by atoms with van der Waals surface area (Å²) in [5.41, 5.74) is 6.94. The molecule has 2 unspecified atom stereocenters. The number of imidazole rings is 2. The van der Waals surface area contributed by atoms with Crippen LogP contribution in [0.4, 0.5) is 0 Å². The molecule has 0 saturated carbocycles. The zero-order chi connectivity index (χ0) is 40.5. The monoisotopic (exact) mass is 757 g/mol. The molecule has 6 rings (SSSR count). The van der Waals surface area contributed by atoms with Gasteiger partial charge in [0.1, 0.15) is 11.6 Å². The SMILES string of the molecule is CC(C)(C(=O)NC(c1ncc(-c2ccc(-c3ccc(-c4cnc(C(NC(=O)C(C)(C)C5=CCCCC5)C(C)(C)C)[nH]4)cc3)cc2)[nH]1)C(C)(C)C)C1=CCCCC1. The van der Waals surface area contributed by atoms with E-state index in [1.54, 1.807) is 0 Å². The number of H-pyrrole nitrogens is 2. The number of rotatable bonds is 11. The maximum atomic E-state index is 13.7. The Hall–Kier alpha value is -4.72. The van der Waals surface area contributed by atoms with Crippen molar-refractivity contribution in [1.82, 2.24) is 30.6 Å². The van der Waals surface area contributed by atoms with E-state index in [1.807, 2.05) is 40.1 Å². The number of benzene rings is 2. The van der Waals surface area contributed by atoms with Gasteiger partial charge >= 0.3 is 0 Å². The van der Waals surface area contributed by atoms with E-state index in [0.29, 0.717) is 0 Å². The van der Waals surface area contributed by atoms with E-state index >= 15 is 0 Å². The molecule has 2 heterocycles. The fourth-order valence-electron chi connectivity index (χ4n) is 8.06. The molecule has 8 heteroatoms. The standard InChI is InChI=1S/C48H64N6O2/c1-45(2,3)39(53-43(55)47(7,8)35-17-13-11-14-18-35)41-49-29-37(51-41)33-25-21-31(22-26-33)32-23-27-34(28-24-32)38-30-50-42(52-38)40(46(4,5)6)54-44(56)48(9,10)36-19-15-12-16-20-36/h17,19,21-30,39-40H,11-16,18,20H2,1-10H3,(H,49,51)(H,50,52)(H,53,55)(H,54,56). The average molecular weight is 757 g/mol. The number of nitrogens with zero attached hydrogens (tertiary/aromatic N) is 2. The van der Waals surface area contributed by atoms with E-state index < -0.39 is 10.8 Å². The van der Waals surface area contributed by atoms with Gasteiger partial charge in [-0.05, 0) is 112 Å². The highest BCUT2D eigenvalue weighted by Gasteiger charge is 2.39. The molecule has 2 aromatic carbocycles. The molecular weight excluding hydrogens is 693 g/mol.